The third kappa shape index (κ3) is 1.00. The van der Waals surface area contributed by atoms with Crippen molar-refractivity contribution < 1.29 is 9.59 Å². The summed E-state index contributed by atoms with van der Waals surface area (Å²) in [6.45, 7) is 4.80. The predicted molar refractivity (Wildman–Crippen MR) is 34.7 cm³/mol. The Balaban J connectivity index is 2.62. The van der Waals surface area contributed by atoms with E-state index in [1.807, 2.05) is 0 Å². The van der Waals surface area contributed by atoms with E-state index in [-0.39, 0.29) is 18.5 Å². The van der Waals surface area contributed by atoms with Gasteiger partial charge in [0.05, 0.1) is 0 Å². The Kier molecular flexibility index (Phi) is 1.71. The van der Waals surface area contributed by atoms with E-state index >= 15 is 0 Å². The molecule has 0 aliphatic carbocycles. The minimum atomic E-state index is -0.384. The third-order valence-electron chi connectivity index (χ3n) is 1.14. The van der Waals surface area contributed by atoms with Gasteiger partial charge in [0.15, 0.2) is 0 Å². The molecule has 1 rings (SSSR count). The summed E-state index contributed by atoms with van der Waals surface area (Å²) in [4.78, 5) is 22.5. The van der Waals surface area contributed by atoms with E-state index in [4.69, 9.17) is 0 Å². The molecule has 1 aliphatic heterocycles. The quantitative estimate of drug-likeness (QED) is 0.428. The summed E-state index contributed by atoms with van der Waals surface area (Å²) in [5.41, 5.74) is 0. The van der Waals surface area contributed by atoms with Gasteiger partial charge in [0, 0.05) is 6.54 Å². The summed E-state index contributed by atoms with van der Waals surface area (Å²) in [5.74, 6) is -0.315. The summed E-state index contributed by atoms with van der Waals surface area (Å²) in [6.07, 6.45) is 1.50. The monoisotopic (exact) mass is 139 g/mol. The van der Waals surface area contributed by atoms with Crippen LogP contribution in [0.1, 0.15) is 0 Å². The average Bonchev–Trinajstić information content (AvgIpc) is 2.20. The summed E-state index contributed by atoms with van der Waals surface area (Å²) in [6, 6.07) is -0.384. The molecular weight excluding hydrogens is 132 g/mol. The van der Waals surface area contributed by atoms with E-state index in [2.05, 4.69) is 11.9 Å². The Bertz CT molecular complexity index is 172. The number of nitrogens with one attached hydrogen (secondary N) is 1. The molecule has 0 atom stereocenters. The first kappa shape index (κ1) is 6.80. The van der Waals surface area contributed by atoms with Crippen molar-refractivity contribution in [2.24, 2.45) is 0 Å². The Morgan fingerprint density at radius 2 is 2.40 bits per heavy atom. The highest BCUT2D eigenvalue weighted by atomic mass is 16.2. The van der Waals surface area contributed by atoms with Crippen LogP contribution in [0.25, 0.3) is 0 Å². The predicted octanol–water partition coefficient (Wildman–Crippen LogP) is -0.114. The van der Waals surface area contributed by atoms with Gasteiger partial charge in [-0.1, -0.05) is 6.08 Å². The smallest absolute Gasteiger partial charge is 0.323 e. The van der Waals surface area contributed by atoms with Gasteiger partial charge < -0.3 is 5.32 Å². The van der Waals surface area contributed by atoms with Crippen LogP contribution in [0.3, 0.4) is 0 Å². The van der Waals surface area contributed by atoms with E-state index in [9.17, 15) is 9.59 Å². The number of imide groups is 1. The topological polar surface area (TPSA) is 49.4 Å². The minimum Gasteiger partial charge on any atom is -0.323 e. The molecule has 0 bridgehead atoms. The van der Waals surface area contributed by atoms with Crippen LogP contribution in [-0.2, 0) is 4.79 Å². The summed E-state index contributed by atoms with van der Waals surface area (Å²) in [5, 5.41) is 2.27. The lowest BCUT2D eigenvalue weighted by Gasteiger charge is -2.06. The average molecular weight is 139 g/mol. The van der Waals surface area contributed by atoms with Gasteiger partial charge in [0.2, 0.25) is 0 Å². The number of hydrogen-bond acceptors (Lipinski definition) is 2. The fourth-order valence-corrected chi connectivity index (χ4v) is 0.681. The first-order valence-corrected chi connectivity index (χ1v) is 2.82. The summed E-state index contributed by atoms with van der Waals surface area (Å²) >= 11 is 0. The first-order valence-electron chi connectivity index (χ1n) is 2.82. The Hall–Kier alpha value is -1.32. The maximum atomic E-state index is 10.7. The van der Waals surface area contributed by atoms with Gasteiger partial charge in [-0.3, -0.25) is 9.69 Å². The molecule has 1 heterocycles. The lowest BCUT2D eigenvalue weighted by Crippen LogP contribution is -2.30. The zero-order valence-electron chi connectivity index (χ0n) is 5.33. The van der Waals surface area contributed by atoms with Crippen molar-refractivity contribution in [2.75, 3.05) is 6.54 Å². The summed E-state index contributed by atoms with van der Waals surface area (Å²) in [7, 11) is 0. The molecule has 4 heteroatoms. The maximum absolute atomic E-state index is 10.7. The number of hydrogen-bond donors (Lipinski definition) is 1. The SMILES string of the molecule is C=CCN1C(=O)[CH]NC1=O. The van der Waals surface area contributed by atoms with Crippen LogP contribution in [-0.4, -0.2) is 23.4 Å². The highest BCUT2D eigenvalue weighted by Crippen LogP contribution is 2.00. The number of amides is 3. The van der Waals surface area contributed by atoms with E-state index in [0.717, 1.165) is 11.4 Å². The lowest BCUT2D eigenvalue weighted by atomic mass is 10.5. The molecule has 0 aromatic carbocycles. The van der Waals surface area contributed by atoms with Crippen LogP contribution in [0, 0.1) is 6.54 Å². The first-order chi connectivity index (χ1) is 4.75. The van der Waals surface area contributed by atoms with Crippen molar-refractivity contribution in [3.8, 4) is 0 Å². The molecule has 0 aromatic rings. The summed E-state index contributed by atoms with van der Waals surface area (Å²) < 4.78 is 0. The lowest BCUT2D eigenvalue weighted by molar-refractivity contribution is -0.122. The van der Waals surface area contributed by atoms with Crippen molar-refractivity contribution in [3.63, 3.8) is 0 Å². The fourth-order valence-electron chi connectivity index (χ4n) is 0.681. The Morgan fingerprint density at radius 3 is 2.80 bits per heavy atom. The van der Waals surface area contributed by atoms with E-state index in [1.165, 1.54) is 6.08 Å². The van der Waals surface area contributed by atoms with Gasteiger partial charge in [-0.25, -0.2) is 4.79 Å². The van der Waals surface area contributed by atoms with Crippen LogP contribution in [0.5, 0.6) is 0 Å². The molecule has 3 amide bonds. The molecule has 0 aromatic heterocycles. The largest absolute Gasteiger partial charge is 0.325 e. The number of carbonyl (C=O) groups excluding carboxylic acids is 2. The van der Waals surface area contributed by atoms with Crippen LogP contribution in [0.15, 0.2) is 12.7 Å². The van der Waals surface area contributed by atoms with Crippen molar-refractivity contribution in [1.29, 1.82) is 0 Å². The van der Waals surface area contributed by atoms with Crippen LogP contribution in [0.4, 0.5) is 4.79 Å². The minimum absolute atomic E-state index is 0.265. The van der Waals surface area contributed by atoms with Gasteiger partial charge in [0.1, 0.15) is 6.54 Å². The zero-order valence-corrected chi connectivity index (χ0v) is 5.33. The van der Waals surface area contributed by atoms with Crippen molar-refractivity contribution in [3.05, 3.63) is 19.2 Å². The maximum Gasteiger partial charge on any atom is 0.325 e. The standard InChI is InChI=1S/C6H7N2O2/c1-2-3-8-5(9)4-7-6(8)10/h2,4H,1,3H2,(H,7,10). The second-order valence-electron chi connectivity index (χ2n) is 1.83. The third-order valence-corrected chi connectivity index (χ3v) is 1.14. The number of urea groups is 1. The zero-order chi connectivity index (χ0) is 7.56. The second-order valence-corrected chi connectivity index (χ2v) is 1.83. The van der Waals surface area contributed by atoms with E-state index in [0.29, 0.717) is 0 Å². The van der Waals surface area contributed by atoms with Crippen LogP contribution in [0.2, 0.25) is 0 Å². The molecule has 53 valence electrons. The molecule has 4 nitrogen and oxygen atoms in total. The molecule has 0 saturated carbocycles. The molecule has 10 heavy (non-hydrogen) atoms. The molecule has 1 aliphatic rings. The Labute approximate surface area is 58.5 Å². The second kappa shape index (κ2) is 2.51. The molecule has 1 N–H and O–H groups in total. The molecular formula is C6H7N2O2. The number of rotatable bonds is 2. The van der Waals surface area contributed by atoms with Crippen molar-refractivity contribution in [1.82, 2.24) is 10.2 Å². The molecule has 0 spiro atoms. The van der Waals surface area contributed by atoms with Gasteiger partial charge >= 0.3 is 6.03 Å². The van der Waals surface area contributed by atoms with Crippen LogP contribution < -0.4 is 5.32 Å². The van der Waals surface area contributed by atoms with E-state index < -0.39 is 0 Å². The number of carbonyl (C=O) groups is 2. The van der Waals surface area contributed by atoms with Gasteiger partial charge in [-0.2, -0.15) is 0 Å². The molecule has 1 saturated heterocycles. The van der Waals surface area contributed by atoms with Gasteiger partial charge in [0.25, 0.3) is 5.91 Å². The van der Waals surface area contributed by atoms with E-state index in [1.54, 1.807) is 0 Å². The normalized spacial score (nSPS) is 17.4. The highest BCUT2D eigenvalue weighted by molar-refractivity contribution is 6.06. The van der Waals surface area contributed by atoms with Crippen molar-refractivity contribution >= 4 is 11.9 Å². The fraction of sp³-hybridized carbons (Fsp3) is 0.167. The Morgan fingerprint density at radius 1 is 1.70 bits per heavy atom. The molecule has 0 unspecified atom stereocenters. The van der Waals surface area contributed by atoms with Gasteiger partial charge in [-0.05, 0) is 0 Å². The number of nitrogens with zero attached hydrogens (tertiary/aromatic N) is 1. The van der Waals surface area contributed by atoms with Crippen LogP contribution >= 0.6 is 0 Å². The van der Waals surface area contributed by atoms with Crippen molar-refractivity contribution in [2.45, 2.75) is 0 Å². The molecule has 1 radical (unpaired) electrons. The molecule has 1 fully saturated rings. The van der Waals surface area contributed by atoms with Gasteiger partial charge in [-0.15, -0.1) is 6.58 Å². The highest BCUT2D eigenvalue weighted by Gasteiger charge is 2.27.